The van der Waals surface area contributed by atoms with E-state index in [9.17, 15) is 14.4 Å². The lowest BCUT2D eigenvalue weighted by Crippen LogP contribution is -2.56. The largest absolute Gasteiger partial charge is 0.464 e. The zero-order valence-electron chi connectivity index (χ0n) is 24.5. The number of thioether (sulfide) groups is 1. The number of rotatable bonds is 13. The van der Waals surface area contributed by atoms with E-state index in [0.717, 1.165) is 11.1 Å². The van der Waals surface area contributed by atoms with Crippen LogP contribution in [0.4, 0.5) is 4.79 Å². The average Bonchev–Trinajstić information content (AvgIpc) is 3.35. The van der Waals surface area contributed by atoms with Crippen molar-refractivity contribution in [2.75, 3.05) is 12.0 Å². The Bertz CT molecular complexity index is 1260. The highest BCUT2D eigenvalue weighted by molar-refractivity contribution is 7.98. The van der Waals surface area contributed by atoms with E-state index in [-0.39, 0.29) is 24.8 Å². The maximum Gasteiger partial charge on any atom is 0.408 e. The summed E-state index contributed by atoms with van der Waals surface area (Å²) in [6.45, 7) is 7.51. The molecule has 3 aromatic rings. The van der Waals surface area contributed by atoms with Crippen LogP contribution in [0.5, 0.6) is 0 Å². The molecule has 3 amide bonds. The van der Waals surface area contributed by atoms with Crippen LogP contribution in [0.3, 0.4) is 0 Å². The molecule has 1 aromatic heterocycles. The molecule has 2 unspecified atom stereocenters. The molecular formula is C32H41N3O5S. The molecule has 220 valence electrons. The highest BCUT2D eigenvalue weighted by Gasteiger charge is 2.36. The van der Waals surface area contributed by atoms with Gasteiger partial charge in [-0.1, -0.05) is 60.7 Å². The summed E-state index contributed by atoms with van der Waals surface area (Å²) in [5.41, 5.74) is 1.13. The normalized spacial score (nSPS) is 12.7. The molecular weight excluding hydrogens is 538 g/mol. The van der Waals surface area contributed by atoms with E-state index in [4.69, 9.17) is 9.15 Å². The summed E-state index contributed by atoms with van der Waals surface area (Å²) in [4.78, 5) is 42.4. The molecule has 0 spiro atoms. The van der Waals surface area contributed by atoms with E-state index in [2.05, 4.69) is 10.6 Å². The molecule has 1 heterocycles. The minimum atomic E-state index is -0.895. The Morgan fingerprint density at radius 3 is 2.15 bits per heavy atom. The van der Waals surface area contributed by atoms with E-state index >= 15 is 0 Å². The Morgan fingerprint density at radius 2 is 1.59 bits per heavy atom. The minimum absolute atomic E-state index is 0.0642. The van der Waals surface area contributed by atoms with Crippen LogP contribution in [0, 0.1) is 6.92 Å². The molecule has 8 nitrogen and oxygen atoms in total. The molecule has 9 heteroatoms. The van der Waals surface area contributed by atoms with E-state index in [1.165, 1.54) is 4.90 Å². The lowest BCUT2D eigenvalue weighted by atomic mass is 10.0. The second-order valence-electron chi connectivity index (χ2n) is 10.9. The molecule has 2 N–H and O–H groups in total. The second-order valence-corrected chi connectivity index (χ2v) is 11.9. The number of nitrogens with one attached hydrogen (secondary N) is 2. The quantitative estimate of drug-likeness (QED) is 0.278. The fraction of sp³-hybridized carbons (Fsp3) is 0.406. The fourth-order valence-corrected chi connectivity index (χ4v) is 4.78. The van der Waals surface area contributed by atoms with Crippen LogP contribution in [0.15, 0.2) is 77.2 Å². The molecule has 0 bridgehead atoms. The highest BCUT2D eigenvalue weighted by Crippen LogP contribution is 2.19. The van der Waals surface area contributed by atoms with Crippen molar-refractivity contribution in [1.82, 2.24) is 15.5 Å². The minimum Gasteiger partial charge on any atom is -0.464 e. The Hall–Kier alpha value is -3.72. The van der Waals surface area contributed by atoms with Crippen molar-refractivity contribution in [3.63, 3.8) is 0 Å². The lowest BCUT2D eigenvalue weighted by Gasteiger charge is -2.34. The number of aryl methyl sites for hydroxylation is 1. The number of nitrogens with zero attached hydrogens (tertiary/aromatic N) is 1. The van der Waals surface area contributed by atoms with Gasteiger partial charge in [0.15, 0.2) is 0 Å². The molecule has 3 rings (SSSR count). The third-order valence-electron chi connectivity index (χ3n) is 6.27. The van der Waals surface area contributed by atoms with Gasteiger partial charge in [0, 0.05) is 13.0 Å². The third kappa shape index (κ3) is 10.6. The fourth-order valence-electron chi connectivity index (χ4n) is 4.31. The average molecular weight is 580 g/mol. The molecule has 2 atom stereocenters. The van der Waals surface area contributed by atoms with Gasteiger partial charge in [-0.15, -0.1) is 0 Å². The van der Waals surface area contributed by atoms with Gasteiger partial charge in [-0.05, 0) is 69.4 Å². The topological polar surface area (TPSA) is 101 Å². The Kier molecular flexibility index (Phi) is 11.9. The molecule has 2 aromatic carbocycles. The van der Waals surface area contributed by atoms with Gasteiger partial charge in [-0.25, -0.2) is 4.79 Å². The van der Waals surface area contributed by atoms with Crippen molar-refractivity contribution in [3.8, 4) is 0 Å². The smallest absolute Gasteiger partial charge is 0.408 e. The van der Waals surface area contributed by atoms with E-state index in [1.807, 2.05) is 79.9 Å². The number of furan rings is 1. The number of carbonyl (C=O) groups excluding carboxylic acids is 3. The number of alkyl carbamates (subject to hydrolysis) is 1. The van der Waals surface area contributed by atoms with Crippen LogP contribution < -0.4 is 10.6 Å². The molecule has 0 radical (unpaired) electrons. The first-order chi connectivity index (χ1) is 19.6. The van der Waals surface area contributed by atoms with Crippen molar-refractivity contribution in [3.05, 3.63) is 95.4 Å². The molecule has 41 heavy (non-hydrogen) atoms. The van der Waals surface area contributed by atoms with Crippen LogP contribution in [0.25, 0.3) is 0 Å². The monoisotopic (exact) mass is 579 g/mol. The number of amides is 3. The zero-order valence-corrected chi connectivity index (χ0v) is 25.3. The predicted octanol–water partition coefficient (Wildman–Crippen LogP) is 5.49. The first-order valence-corrected chi connectivity index (χ1v) is 15.1. The molecule has 0 aliphatic rings. The first kappa shape index (κ1) is 31.8. The summed E-state index contributed by atoms with van der Waals surface area (Å²) in [5.74, 6) is 1.20. The molecule has 0 aliphatic carbocycles. The zero-order chi connectivity index (χ0) is 29.8. The summed E-state index contributed by atoms with van der Waals surface area (Å²) < 4.78 is 11.3. The van der Waals surface area contributed by atoms with Crippen molar-refractivity contribution in [1.29, 1.82) is 0 Å². The van der Waals surface area contributed by atoms with Crippen LogP contribution in [-0.4, -0.2) is 52.5 Å². The van der Waals surface area contributed by atoms with Gasteiger partial charge in [0.2, 0.25) is 11.8 Å². The van der Waals surface area contributed by atoms with Gasteiger partial charge >= 0.3 is 6.09 Å². The van der Waals surface area contributed by atoms with E-state index in [1.54, 1.807) is 38.6 Å². The van der Waals surface area contributed by atoms with Gasteiger partial charge in [-0.2, -0.15) is 11.8 Å². The summed E-state index contributed by atoms with van der Waals surface area (Å²) in [6, 6.07) is 21.1. The van der Waals surface area contributed by atoms with Crippen molar-refractivity contribution in [2.45, 2.75) is 71.3 Å². The maximum absolute atomic E-state index is 14.3. The van der Waals surface area contributed by atoms with E-state index < -0.39 is 23.8 Å². The summed E-state index contributed by atoms with van der Waals surface area (Å²) >= 11 is 1.57. The van der Waals surface area contributed by atoms with Gasteiger partial charge < -0.3 is 24.7 Å². The number of benzene rings is 2. The SMILES string of the molecule is CSCCC(NC(=O)OC(C)(C)C)C(=O)N(Cc1ccc(C)o1)C(Cc1ccccc1)C(=O)NCc1ccccc1. The standard InChI is InChI=1S/C32H41N3O5S/c1-23-16-17-26(39-23)22-35(30(37)27(18-19-41-5)34-31(38)40-32(2,3)4)28(20-24-12-8-6-9-13-24)29(36)33-21-25-14-10-7-11-15-25/h6-17,27-28H,18-22H2,1-5H3,(H,33,36)(H,34,38). The number of hydrogen-bond acceptors (Lipinski definition) is 6. The lowest BCUT2D eigenvalue weighted by molar-refractivity contribution is -0.143. The summed E-state index contributed by atoms with van der Waals surface area (Å²) in [5, 5.41) is 5.79. The van der Waals surface area contributed by atoms with Gasteiger partial charge in [0.25, 0.3) is 0 Å². The Balaban J connectivity index is 1.97. The summed E-state index contributed by atoms with van der Waals surface area (Å²) in [6.07, 6.45) is 1.91. The van der Waals surface area contributed by atoms with E-state index in [0.29, 0.717) is 30.2 Å². The van der Waals surface area contributed by atoms with Crippen molar-refractivity contribution >= 4 is 29.7 Å². The predicted molar refractivity (Wildman–Crippen MR) is 162 cm³/mol. The molecule has 0 saturated carbocycles. The Labute approximate surface area is 247 Å². The second kappa shape index (κ2) is 15.3. The van der Waals surface area contributed by atoms with Crippen LogP contribution in [0.2, 0.25) is 0 Å². The Morgan fingerprint density at radius 1 is 0.951 bits per heavy atom. The van der Waals surface area contributed by atoms with Crippen LogP contribution in [-0.2, 0) is 33.8 Å². The van der Waals surface area contributed by atoms with Crippen LogP contribution >= 0.6 is 11.8 Å². The van der Waals surface area contributed by atoms with Gasteiger partial charge in [0.05, 0.1) is 6.54 Å². The van der Waals surface area contributed by atoms with Gasteiger partial charge in [0.1, 0.15) is 29.2 Å². The highest BCUT2D eigenvalue weighted by atomic mass is 32.2. The molecule has 0 saturated heterocycles. The maximum atomic E-state index is 14.3. The van der Waals surface area contributed by atoms with Crippen molar-refractivity contribution in [2.24, 2.45) is 0 Å². The van der Waals surface area contributed by atoms with Crippen LogP contribution in [0.1, 0.15) is 49.8 Å². The number of hydrogen-bond donors (Lipinski definition) is 2. The number of ether oxygens (including phenoxy) is 1. The molecule has 0 fully saturated rings. The van der Waals surface area contributed by atoms with Crippen molar-refractivity contribution < 1.29 is 23.5 Å². The molecule has 0 aliphatic heterocycles. The first-order valence-electron chi connectivity index (χ1n) is 13.8. The number of carbonyl (C=O) groups is 3. The van der Waals surface area contributed by atoms with Gasteiger partial charge in [-0.3, -0.25) is 9.59 Å². The third-order valence-corrected chi connectivity index (χ3v) is 6.91. The summed E-state index contributed by atoms with van der Waals surface area (Å²) in [7, 11) is 0.